The number of aliphatic imine (C=N–C) groups is 1. The van der Waals surface area contributed by atoms with E-state index in [1.54, 1.807) is 0 Å². The summed E-state index contributed by atoms with van der Waals surface area (Å²) in [4.78, 5) is 4.66. The summed E-state index contributed by atoms with van der Waals surface area (Å²) in [5.74, 6) is 3.28. The molecule has 1 unspecified atom stereocenters. The fraction of sp³-hybridized carbons (Fsp3) is 0.929. The van der Waals surface area contributed by atoms with Gasteiger partial charge in [0.25, 0.3) is 0 Å². The third kappa shape index (κ3) is 7.57. The first kappa shape index (κ1) is 16.2. The Labute approximate surface area is 121 Å². The predicted octanol–water partition coefficient (Wildman–Crippen LogP) is 4.02. The van der Waals surface area contributed by atoms with Gasteiger partial charge in [-0.15, -0.1) is 0 Å². The van der Waals surface area contributed by atoms with E-state index in [2.05, 4.69) is 30.4 Å². The number of amidine groups is 1. The van der Waals surface area contributed by atoms with Crippen molar-refractivity contribution in [3.8, 4) is 0 Å². The van der Waals surface area contributed by atoms with Crippen LogP contribution in [0.5, 0.6) is 0 Å². The molecule has 106 valence electrons. The number of thioether (sulfide) groups is 2. The largest absolute Gasteiger partial charge is 0.361 e. The standard InChI is InChI=1S/C14H28N2S2/c1-12(2)10-13-11-18-14(16-13)15-8-6-4-5-7-9-17-3/h12-13H,4-11H2,1-3H3,(H,15,16). The van der Waals surface area contributed by atoms with Crippen LogP contribution in [0, 0.1) is 5.92 Å². The third-order valence-corrected chi connectivity index (χ3v) is 4.80. The number of unbranched alkanes of at least 4 members (excludes halogenated alkanes) is 3. The van der Waals surface area contributed by atoms with Crippen LogP contribution in [0.4, 0.5) is 0 Å². The van der Waals surface area contributed by atoms with Crippen molar-refractivity contribution in [2.75, 3.05) is 24.3 Å². The lowest BCUT2D eigenvalue weighted by molar-refractivity contribution is 0.502. The lowest BCUT2D eigenvalue weighted by atomic mass is 10.1. The van der Waals surface area contributed by atoms with Gasteiger partial charge in [-0.25, -0.2) is 0 Å². The minimum Gasteiger partial charge on any atom is -0.361 e. The molecule has 0 aromatic rings. The first-order valence-electron chi connectivity index (χ1n) is 7.15. The van der Waals surface area contributed by atoms with Crippen LogP contribution >= 0.6 is 23.5 Å². The van der Waals surface area contributed by atoms with Crippen LogP contribution < -0.4 is 5.32 Å². The lowest BCUT2D eigenvalue weighted by Gasteiger charge is -2.11. The molecule has 0 aromatic carbocycles. The second-order valence-corrected chi connectivity index (χ2v) is 7.37. The van der Waals surface area contributed by atoms with E-state index in [1.807, 2.05) is 23.5 Å². The second-order valence-electron chi connectivity index (χ2n) is 5.38. The summed E-state index contributed by atoms with van der Waals surface area (Å²) < 4.78 is 0. The maximum Gasteiger partial charge on any atom is 0.156 e. The lowest BCUT2D eigenvalue weighted by Crippen LogP contribution is -2.28. The van der Waals surface area contributed by atoms with Crippen molar-refractivity contribution < 1.29 is 0 Å². The molecule has 1 saturated heterocycles. The zero-order chi connectivity index (χ0) is 13.2. The zero-order valence-corrected chi connectivity index (χ0v) is 13.7. The molecule has 0 amide bonds. The van der Waals surface area contributed by atoms with Crippen molar-refractivity contribution in [1.82, 2.24) is 5.32 Å². The minimum atomic E-state index is 0.648. The van der Waals surface area contributed by atoms with Gasteiger partial charge in [0.15, 0.2) is 5.17 Å². The molecule has 0 aromatic heterocycles. The molecule has 1 atom stereocenters. The Hall–Kier alpha value is 0.170. The van der Waals surface area contributed by atoms with Gasteiger partial charge in [0.05, 0.1) is 0 Å². The second kappa shape index (κ2) is 10.0. The summed E-state index contributed by atoms with van der Waals surface area (Å²) in [5.41, 5.74) is 0. The quantitative estimate of drug-likeness (QED) is 0.649. The highest BCUT2D eigenvalue weighted by atomic mass is 32.2. The molecule has 4 heteroatoms. The Morgan fingerprint density at radius 1 is 1.33 bits per heavy atom. The van der Waals surface area contributed by atoms with Gasteiger partial charge in [0, 0.05) is 18.3 Å². The first-order chi connectivity index (χ1) is 8.72. The van der Waals surface area contributed by atoms with E-state index < -0.39 is 0 Å². The van der Waals surface area contributed by atoms with Gasteiger partial charge in [0.2, 0.25) is 0 Å². The fourth-order valence-corrected chi connectivity index (χ4v) is 3.62. The van der Waals surface area contributed by atoms with E-state index in [4.69, 9.17) is 0 Å². The van der Waals surface area contributed by atoms with Gasteiger partial charge in [-0.05, 0) is 37.2 Å². The van der Waals surface area contributed by atoms with E-state index in [0.29, 0.717) is 6.04 Å². The Bertz CT molecular complexity index is 242. The summed E-state index contributed by atoms with van der Waals surface area (Å²) in [6, 6.07) is 0.648. The molecule has 18 heavy (non-hydrogen) atoms. The SMILES string of the molecule is CSCCCCCCN=C1NC(CC(C)C)CS1. The molecule has 0 bridgehead atoms. The van der Waals surface area contributed by atoms with E-state index >= 15 is 0 Å². The molecule has 0 spiro atoms. The Kier molecular flexibility index (Phi) is 9.03. The molecule has 0 radical (unpaired) electrons. The van der Waals surface area contributed by atoms with Crippen molar-refractivity contribution in [2.45, 2.75) is 52.0 Å². The van der Waals surface area contributed by atoms with Gasteiger partial charge < -0.3 is 5.32 Å². The molecular weight excluding hydrogens is 260 g/mol. The molecule has 0 aliphatic carbocycles. The van der Waals surface area contributed by atoms with Crippen LogP contribution in [0.1, 0.15) is 46.0 Å². The summed E-state index contributed by atoms with van der Waals surface area (Å²) in [6.45, 7) is 5.58. The van der Waals surface area contributed by atoms with Crippen LogP contribution in [0.15, 0.2) is 4.99 Å². The van der Waals surface area contributed by atoms with E-state index in [1.165, 1.54) is 48.8 Å². The Morgan fingerprint density at radius 3 is 2.83 bits per heavy atom. The van der Waals surface area contributed by atoms with Crippen molar-refractivity contribution in [3.63, 3.8) is 0 Å². The van der Waals surface area contributed by atoms with E-state index in [-0.39, 0.29) is 0 Å². The van der Waals surface area contributed by atoms with Crippen molar-refractivity contribution in [1.29, 1.82) is 0 Å². The molecule has 1 rings (SSSR count). The fourth-order valence-electron chi connectivity index (χ4n) is 2.12. The van der Waals surface area contributed by atoms with Gasteiger partial charge in [0.1, 0.15) is 0 Å². The number of nitrogens with zero attached hydrogens (tertiary/aromatic N) is 1. The molecule has 1 aliphatic rings. The highest BCUT2D eigenvalue weighted by Gasteiger charge is 2.20. The van der Waals surface area contributed by atoms with Crippen molar-refractivity contribution in [2.24, 2.45) is 10.9 Å². The molecule has 2 nitrogen and oxygen atoms in total. The Morgan fingerprint density at radius 2 is 2.11 bits per heavy atom. The van der Waals surface area contributed by atoms with Crippen LogP contribution in [-0.2, 0) is 0 Å². The topological polar surface area (TPSA) is 24.4 Å². The molecule has 1 heterocycles. The summed E-state index contributed by atoms with van der Waals surface area (Å²) in [5, 5.41) is 4.73. The number of hydrogen-bond donors (Lipinski definition) is 1. The smallest absolute Gasteiger partial charge is 0.156 e. The third-order valence-electron chi connectivity index (χ3n) is 3.02. The van der Waals surface area contributed by atoms with Crippen LogP contribution in [0.25, 0.3) is 0 Å². The summed E-state index contributed by atoms with van der Waals surface area (Å²) >= 11 is 3.85. The average molecular weight is 289 g/mol. The molecule has 1 N–H and O–H groups in total. The summed E-state index contributed by atoms with van der Waals surface area (Å²) in [6.07, 6.45) is 8.75. The highest BCUT2D eigenvalue weighted by molar-refractivity contribution is 8.14. The Balaban J connectivity index is 2.02. The zero-order valence-electron chi connectivity index (χ0n) is 12.1. The van der Waals surface area contributed by atoms with Crippen LogP contribution in [0.3, 0.4) is 0 Å². The normalized spacial score (nSPS) is 21.8. The van der Waals surface area contributed by atoms with Gasteiger partial charge in [-0.3, -0.25) is 4.99 Å². The van der Waals surface area contributed by atoms with Crippen LogP contribution in [0.2, 0.25) is 0 Å². The maximum absolute atomic E-state index is 4.66. The predicted molar refractivity (Wildman–Crippen MR) is 88.0 cm³/mol. The maximum atomic E-state index is 4.66. The summed E-state index contributed by atoms with van der Waals surface area (Å²) in [7, 11) is 0. The molecular formula is C14H28N2S2. The average Bonchev–Trinajstić information content (AvgIpc) is 2.75. The van der Waals surface area contributed by atoms with Gasteiger partial charge in [-0.1, -0.05) is 38.5 Å². The highest BCUT2D eigenvalue weighted by Crippen LogP contribution is 2.19. The monoisotopic (exact) mass is 288 g/mol. The van der Waals surface area contributed by atoms with E-state index in [9.17, 15) is 0 Å². The van der Waals surface area contributed by atoms with Crippen LogP contribution in [-0.4, -0.2) is 35.5 Å². The number of rotatable bonds is 9. The molecule has 0 saturated carbocycles. The first-order valence-corrected chi connectivity index (χ1v) is 9.53. The van der Waals surface area contributed by atoms with Crippen molar-refractivity contribution in [3.05, 3.63) is 0 Å². The molecule has 1 aliphatic heterocycles. The van der Waals surface area contributed by atoms with E-state index in [0.717, 1.165) is 12.5 Å². The number of hydrogen-bond acceptors (Lipinski definition) is 3. The molecule has 1 fully saturated rings. The van der Waals surface area contributed by atoms with Gasteiger partial charge in [-0.2, -0.15) is 11.8 Å². The van der Waals surface area contributed by atoms with Gasteiger partial charge >= 0.3 is 0 Å². The minimum absolute atomic E-state index is 0.648. The number of nitrogens with one attached hydrogen (secondary N) is 1. The van der Waals surface area contributed by atoms with Crippen molar-refractivity contribution >= 4 is 28.7 Å².